The minimum absolute atomic E-state index is 0.761. The van der Waals surface area contributed by atoms with Gasteiger partial charge in [0.25, 0.3) is 0 Å². The van der Waals surface area contributed by atoms with E-state index in [9.17, 15) is 0 Å². The fourth-order valence-electron chi connectivity index (χ4n) is 1.67. The van der Waals surface area contributed by atoms with Gasteiger partial charge >= 0.3 is 0 Å². The Morgan fingerprint density at radius 1 is 1.50 bits per heavy atom. The van der Waals surface area contributed by atoms with Gasteiger partial charge in [-0.15, -0.1) is 0 Å². The minimum atomic E-state index is 0.761. The zero-order valence-corrected chi connectivity index (χ0v) is 9.49. The average Bonchev–Trinajstić information content (AvgIpc) is 2.73. The van der Waals surface area contributed by atoms with Crippen LogP contribution in [0, 0.1) is 0 Å². The summed E-state index contributed by atoms with van der Waals surface area (Å²) in [5.41, 5.74) is 2.20. The predicted molar refractivity (Wildman–Crippen MR) is 64.3 cm³/mol. The molecule has 0 aliphatic carbocycles. The summed E-state index contributed by atoms with van der Waals surface area (Å²) in [6.07, 6.45) is 3.80. The normalized spacial score (nSPS) is 11.1. The van der Waals surface area contributed by atoms with Crippen molar-refractivity contribution in [2.45, 2.75) is 13.5 Å². The van der Waals surface area contributed by atoms with E-state index in [2.05, 4.69) is 21.4 Å². The second kappa shape index (κ2) is 5.63. The summed E-state index contributed by atoms with van der Waals surface area (Å²) in [4.78, 5) is 7.41. The number of rotatable bonds is 6. The molecule has 86 valence electrons. The second-order valence-electron chi connectivity index (χ2n) is 3.59. The van der Waals surface area contributed by atoms with E-state index in [1.807, 2.05) is 19.2 Å². The minimum Gasteiger partial charge on any atom is -0.380 e. The van der Waals surface area contributed by atoms with E-state index in [-0.39, 0.29) is 0 Å². The van der Waals surface area contributed by atoms with Crippen molar-refractivity contribution in [2.24, 2.45) is 0 Å². The first-order valence-corrected chi connectivity index (χ1v) is 5.61. The van der Waals surface area contributed by atoms with Crippen LogP contribution < -0.4 is 5.32 Å². The number of H-pyrrole nitrogens is 1. The van der Waals surface area contributed by atoms with Crippen LogP contribution in [0.25, 0.3) is 11.0 Å². The predicted octanol–water partition coefficient (Wildman–Crippen LogP) is 1.69. The number of aromatic amines is 1. The monoisotopic (exact) mass is 219 g/mol. The van der Waals surface area contributed by atoms with Crippen LogP contribution in [0.3, 0.4) is 0 Å². The second-order valence-corrected chi connectivity index (χ2v) is 3.59. The number of ether oxygens (including phenoxy) is 1. The highest BCUT2D eigenvalue weighted by Crippen LogP contribution is 2.14. The molecule has 0 atom stereocenters. The third kappa shape index (κ3) is 2.59. The van der Waals surface area contributed by atoms with Crippen LogP contribution in [-0.4, -0.2) is 29.7 Å². The lowest BCUT2D eigenvalue weighted by molar-refractivity contribution is 0.149. The van der Waals surface area contributed by atoms with E-state index in [0.717, 1.165) is 32.0 Å². The maximum absolute atomic E-state index is 5.26. The van der Waals surface area contributed by atoms with Crippen molar-refractivity contribution in [3.8, 4) is 0 Å². The number of nitrogens with one attached hydrogen (secondary N) is 2. The zero-order chi connectivity index (χ0) is 11.2. The Morgan fingerprint density at radius 3 is 3.31 bits per heavy atom. The van der Waals surface area contributed by atoms with Gasteiger partial charge in [-0.25, -0.2) is 4.98 Å². The largest absolute Gasteiger partial charge is 0.380 e. The molecule has 0 saturated carbocycles. The smallest absolute Gasteiger partial charge is 0.137 e. The molecule has 0 spiro atoms. The molecule has 0 saturated heterocycles. The van der Waals surface area contributed by atoms with Crippen LogP contribution in [0.15, 0.2) is 24.5 Å². The van der Waals surface area contributed by atoms with Crippen LogP contribution in [0.1, 0.15) is 12.5 Å². The number of aromatic nitrogens is 2. The highest BCUT2D eigenvalue weighted by molar-refractivity contribution is 5.79. The first kappa shape index (κ1) is 11.1. The number of pyridine rings is 1. The average molecular weight is 219 g/mol. The maximum Gasteiger partial charge on any atom is 0.137 e. The molecule has 0 radical (unpaired) electrons. The van der Waals surface area contributed by atoms with Crippen molar-refractivity contribution in [3.05, 3.63) is 30.1 Å². The summed E-state index contributed by atoms with van der Waals surface area (Å²) in [5, 5.41) is 4.53. The first-order valence-electron chi connectivity index (χ1n) is 5.61. The van der Waals surface area contributed by atoms with Crippen molar-refractivity contribution in [3.63, 3.8) is 0 Å². The molecule has 0 aromatic carbocycles. The summed E-state index contributed by atoms with van der Waals surface area (Å²) in [5.74, 6) is 0. The SMILES string of the molecule is CCOCCNCc1c[nH]c2ncccc12. The van der Waals surface area contributed by atoms with E-state index >= 15 is 0 Å². The van der Waals surface area contributed by atoms with Crippen LogP contribution >= 0.6 is 0 Å². The highest BCUT2D eigenvalue weighted by atomic mass is 16.5. The standard InChI is InChI=1S/C12H17N3O/c1-2-16-7-6-13-8-10-9-15-12-11(10)4-3-5-14-12/h3-5,9,13H,2,6-8H2,1H3,(H,14,15). The lowest BCUT2D eigenvalue weighted by Crippen LogP contribution is -2.19. The molecule has 2 N–H and O–H groups in total. The zero-order valence-electron chi connectivity index (χ0n) is 9.49. The molecule has 0 unspecified atom stereocenters. The highest BCUT2D eigenvalue weighted by Gasteiger charge is 2.02. The van der Waals surface area contributed by atoms with Gasteiger partial charge in [0.2, 0.25) is 0 Å². The van der Waals surface area contributed by atoms with Crippen LogP contribution in [0.5, 0.6) is 0 Å². The molecule has 2 rings (SSSR count). The van der Waals surface area contributed by atoms with Gasteiger partial charge in [0.05, 0.1) is 6.61 Å². The lowest BCUT2D eigenvalue weighted by Gasteiger charge is -2.03. The van der Waals surface area contributed by atoms with E-state index in [0.29, 0.717) is 0 Å². The fourth-order valence-corrected chi connectivity index (χ4v) is 1.67. The Labute approximate surface area is 95.0 Å². The third-order valence-electron chi connectivity index (χ3n) is 2.48. The number of hydrogen-bond acceptors (Lipinski definition) is 3. The van der Waals surface area contributed by atoms with E-state index in [4.69, 9.17) is 4.74 Å². The summed E-state index contributed by atoms with van der Waals surface area (Å²) in [6, 6.07) is 4.04. The molecule has 0 amide bonds. The number of hydrogen-bond donors (Lipinski definition) is 2. The Kier molecular flexibility index (Phi) is 3.91. The van der Waals surface area contributed by atoms with Crippen molar-refractivity contribution in [2.75, 3.05) is 19.8 Å². The van der Waals surface area contributed by atoms with Gasteiger partial charge < -0.3 is 15.0 Å². The molecule has 4 nitrogen and oxygen atoms in total. The molecule has 0 aliphatic rings. The van der Waals surface area contributed by atoms with Gasteiger partial charge in [-0.1, -0.05) is 0 Å². The summed E-state index contributed by atoms with van der Waals surface area (Å²) >= 11 is 0. The molecule has 2 heterocycles. The number of nitrogens with zero attached hydrogens (tertiary/aromatic N) is 1. The summed E-state index contributed by atoms with van der Waals surface area (Å²) in [6.45, 7) is 5.26. The van der Waals surface area contributed by atoms with E-state index in [1.54, 1.807) is 6.20 Å². The van der Waals surface area contributed by atoms with E-state index < -0.39 is 0 Å². The molecule has 0 fully saturated rings. The molecule has 16 heavy (non-hydrogen) atoms. The van der Waals surface area contributed by atoms with Crippen molar-refractivity contribution in [1.29, 1.82) is 0 Å². The van der Waals surface area contributed by atoms with Crippen molar-refractivity contribution >= 4 is 11.0 Å². The molecule has 2 aromatic heterocycles. The van der Waals surface area contributed by atoms with Crippen LogP contribution in [0.4, 0.5) is 0 Å². The molecular formula is C12H17N3O. The molecule has 4 heteroatoms. The number of fused-ring (bicyclic) bond motifs is 1. The van der Waals surface area contributed by atoms with Crippen molar-refractivity contribution < 1.29 is 4.74 Å². The maximum atomic E-state index is 5.26. The molecule has 2 aromatic rings. The Hall–Kier alpha value is -1.39. The van der Waals surface area contributed by atoms with Crippen molar-refractivity contribution in [1.82, 2.24) is 15.3 Å². The van der Waals surface area contributed by atoms with Crippen LogP contribution in [-0.2, 0) is 11.3 Å². The van der Waals surface area contributed by atoms with Gasteiger partial charge in [0, 0.05) is 37.5 Å². The Morgan fingerprint density at radius 2 is 2.44 bits per heavy atom. The quantitative estimate of drug-likeness (QED) is 0.727. The topological polar surface area (TPSA) is 49.9 Å². The fraction of sp³-hybridized carbons (Fsp3) is 0.417. The third-order valence-corrected chi connectivity index (χ3v) is 2.48. The lowest BCUT2D eigenvalue weighted by atomic mass is 10.2. The first-order chi connectivity index (χ1) is 7.92. The Bertz CT molecular complexity index is 439. The summed E-state index contributed by atoms with van der Waals surface area (Å²) in [7, 11) is 0. The molecular weight excluding hydrogens is 202 g/mol. The van der Waals surface area contributed by atoms with Gasteiger partial charge in [0.1, 0.15) is 5.65 Å². The van der Waals surface area contributed by atoms with Gasteiger partial charge in [-0.05, 0) is 24.6 Å². The van der Waals surface area contributed by atoms with Gasteiger partial charge in [-0.2, -0.15) is 0 Å². The Balaban J connectivity index is 1.89. The van der Waals surface area contributed by atoms with Gasteiger partial charge in [0.15, 0.2) is 0 Å². The molecule has 0 bridgehead atoms. The van der Waals surface area contributed by atoms with E-state index in [1.165, 1.54) is 10.9 Å². The summed E-state index contributed by atoms with van der Waals surface area (Å²) < 4.78 is 5.26. The molecule has 0 aliphatic heterocycles. The van der Waals surface area contributed by atoms with Crippen LogP contribution in [0.2, 0.25) is 0 Å². The van der Waals surface area contributed by atoms with Gasteiger partial charge in [-0.3, -0.25) is 0 Å².